The average Bonchev–Trinajstić information content (AvgIpc) is 3.19. The number of aromatic nitrogens is 2. The Hall–Kier alpha value is -2.63. The highest BCUT2D eigenvalue weighted by molar-refractivity contribution is 5.93. The highest BCUT2D eigenvalue weighted by atomic mass is 16.2. The van der Waals surface area contributed by atoms with Gasteiger partial charge < -0.3 is 14.8 Å². The van der Waals surface area contributed by atoms with E-state index in [0.717, 1.165) is 18.4 Å². The predicted octanol–water partition coefficient (Wildman–Crippen LogP) is 1.70. The molecule has 4 rings (SSSR count). The molecule has 1 spiro atoms. The van der Waals surface area contributed by atoms with E-state index in [9.17, 15) is 9.59 Å². The first-order valence-electron chi connectivity index (χ1n) is 8.71. The molecule has 2 aliphatic heterocycles. The summed E-state index contributed by atoms with van der Waals surface area (Å²) in [5.41, 5.74) is 1.55. The van der Waals surface area contributed by atoms with Crippen molar-refractivity contribution in [2.75, 3.05) is 13.1 Å². The molecule has 2 aromatic heterocycles. The molecule has 0 bridgehead atoms. The van der Waals surface area contributed by atoms with Crippen molar-refractivity contribution >= 4 is 11.8 Å². The van der Waals surface area contributed by atoms with E-state index in [-0.39, 0.29) is 23.3 Å². The van der Waals surface area contributed by atoms with Crippen LogP contribution >= 0.6 is 0 Å². The summed E-state index contributed by atoms with van der Waals surface area (Å²) in [5.74, 6) is 0.279. The molecule has 0 aliphatic carbocycles. The maximum absolute atomic E-state index is 12.7. The zero-order valence-corrected chi connectivity index (χ0v) is 14.3. The van der Waals surface area contributed by atoms with Crippen LogP contribution in [0.2, 0.25) is 0 Å². The van der Waals surface area contributed by atoms with Crippen molar-refractivity contribution in [1.82, 2.24) is 19.8 Å². The minimum atomic E-state index is -0.259. The van der Waals surface area contributed by atoms with Gasteiger partial charge in [-0.25, -0.2) is 0 Å². The molecular formula is C19H22N4O2. The van der Waals surface area contributed by atoms with E-state index in [1.54, 1.807) is 6.20 Å². The van der Waals surface area contributed by atoms with Gasteiger partial charge in [0.2, 0.25) is 5.91 Å². The monoisotopic (exact) mass is 338 g/mol. The van der Waals surface area contributed by atoms with Gasteiger partial charge >= 0.3 is 0 Å². The van der Waals surface area contributed by atoms with Crippen LogP contribution in [0.1, 0.15) is 41.2 Å². The van der Waals surface area contributed by atoms with Crippen molar-refractivity contribution in [3.63, 3.8) is 0 Å². The molecule has 25 heavy (non-hydrogen) atoms. The number of hydrogen-bond acceptors (Lipinski definition) is 3. The third-order valence-corrected chi connectivity index (χ3v) is 5.64. The number of aryl methyl sites for hydroxylation is 1. The van der Waals surface area contributed by atoms with Gasteiger partial charge in [0.15, 0.2) is 0 Å². The summed E-state index contributed by atoms with van der Waals surface area (Å²) < 4.78 is 1.85. The number of carbonyl (C=O) groups is 2. The second-order valence-corrected chi connectivity index (χ2v) is 7.04. The normalized spacial score (nSPS) is 22.2. The molecule has 2 aromatic rings. The summed E-state index contributed by atoms with van der Waals surface area (Å²) >= 11 is 0. The molecule has 0 saturated carbocycles. The molecule has 2 saturated heterocycles. The number of pyridine rings is 1. The van der Waals surface area contributed by atoms with Gasteiger partial charge in [0.25, 0.3) is 5.91 Å². The molecular weight excluding hydrogens is 316 g/mol. The number of nitrogens with one attached hydrogen (secondary N) is 1. The van der Waals surface area contributed by atoms with Crippen LogP contribution < -0.4 is 5.32 Å². The van der Waals surface area contributed by atoms with Gasteiger partial charge in [0, 0.05) is 51.1 Å². The molecule has 1 N–H and O–H groups in total. The van der Waals surface area contributed by atoms with Crippen LogP contribution in [0, 0.1) is 0 Å². The molecule has 2 fully saturated rings. The molecule has 1 atom stereocenters. The predicted molar refractivity (Wildman–Crippen MR) is 93.0 cm³/mol. The van der Waals surface area contributed by atoms with E-state index in [4.69, 9.17) is 0 Å². The van der Waals surface area contributed by atoms with Gasteiger partial charge in [-0.2, -0.15) is 0 Å². The number of nitrogens with zero attached hydrogens (tertiary/aromatic N) is 3. The van der Waals surface area contributed by atoms with Crippen molar-refractivity contribution in [3.8, 4) is 0 Å². The summed E-state index contributed by atoms with van der Waals surface area (Å²) in [7, 11) is 1.88. The van der Waals surface area contributed by atoms with Crippen molar-refractivity contribution in [2.24, 2.45) is 7.05 Å². The van der Waals surface area contributed by atoms with Crippen LogP contribution in [0.3, 0.4) is 0 Å². The number of rotatable bonds is 2. The first-order chi connectivity index (χ1) is 12.1. The fourth-order valence-electron chi connectivity index (χ4n) is 4.24. The third-order valence-electron chi connectivity index (χ3n) is 5.64. The van der Waals surface area contributed by atoms with Crippen LogP contribution in [-0.2, 0) is 11.8 Å². The Kier molecular flexibility index (Phi) is 3.82. The molecule has 1 unspecified atom stereocenters. The van der Waals surface area contributed by atoms with Crippen LogP contribution in [0.5, 0.6) is 0 Å². The Morgan fingerprint density at radius 1 is 1.28 bits per heavy atom. The SMILES string of the molecule is Cn1cccc1C(=O)N1CCC2(CC1)NC(=O)CC2c1cccnc1. The largest absolute Gasteiger partial charge is 0.350 e. The molecule has 2 aliphatic rings. The van der Waals surface area contributed by atoms with E-state index >= 15 is 0 Å². The molecule has 2 amide bonds. The lowest BCUT2D eigenvalue weighted by Gasteiger charge is -2.42. The standard InChI is InChI=1S/C19H22N4O2/c1-22-9-3-5-16(22)18(25)23-10-6-19(7-11-23)15(12-17(24)21-19)14-4-2-8-20-13-14/h2-5,8-9,13,15H,6-7,10-12H2,1H3,(H,21,24). The van der Waals surface area contributed by atoms with E-state index in [1.807, 2.05) is 53.2 Å². The number of piperidine rings is 1. The smallest absolute Gasteiger partial charge is 0.270 e. The Bertz CT molecular complexity index is 791. The van der Waals surface area contributed by atoms with Gasteiger partial charge in [-0.15, -0.1) is 0 Å². The van der Waals surface area contributed by atoms with Crippen molar-refractivity contribution in [1.29, 1.82) is 0 Å². The van der Waals surface area contributed by atoms with E-state index < -0.39 is 0 Å². The fraction of sp³-hybridized carbons (Fsp3) is 0.421. The number of amides is 2. The van der Waals surface area contributed by atoms with Gasteiger partial charge in [-0.05, 0) is 36.6 Å². The average molecular weight is 338 g/mol. The number of carbonyl (C=O) groups excluding carboxylic acids is 2. The van der Waals surface area contributed by atoms with Crippen molar-refractivity contribution in [2.45, 2.75) is 30.7 Å². The summed E-state index contributed by atoms with van der Waals surface area (Å²) in [6, 6.07) is 7.69. The maximum atomic E-state index is 12.7. The van der Waals surface area contributed by atoms with Gasteiger partial charge in [-0.1, -0.05) is 6.07 Å². The minimum Gasteiger partial charge on any atom is -0.350 e. The first-order valence-corrected chi connectivity index (χ1v) is 8.71. The quantitative estimate of drug-likeness (QED) is 0.906. The summed E-state index contributed by atoms with van der Waals surface area (Å²) in [6.45, 7) is 1.31. The molecule has 0 radical (unpaired) electrons. The van der Waals surface area contributed by atoms with E-state index in [0.29, 0.717) is 25.2 Å². The lowest BCUT2D eigenvalue weighted by molar-refractivity contribution is -0.120. The Morgan fingerprint density at radius 3 is 2.72 bits per heavy atom. The Morgan fingerprint density at radius 2 is 2.08 bits per heavy atom. The second-order valence-electron chi connectivity index (χ2n) is 7.04. The highest BCUT2D eigenvalue weighted by Crippen LogP contribution is 2.43. The van der Waals surface area contributed by atoms with Crippen molar-refractivity contribution in [3.05, 3.63) is 54.1 Å². The molecule has 6 nitrogen and oxygen atoms in total. The zero-order chi connectivity index (χ0) is 17.4. The fourth-order valence-corrected chi connectivity index (χ4v) is 4.24. The Labute approximate surface area is 146 Å². The highest BCUT2D eigenvalue weighted by Gasteiger charge is 2.49. The lowest BCUT2D eigenvalue weighted by atomic mass is 9.74. The van der Waals surface area contributed by atoms with Crippen LogP contribution in [0.4, 0.5) is 0 Å². The summed E-state index contributed by atoms with van der Waals surface area (Å²) in [4.78, 5) is 30.9. The molecule has 4 heterocycles. The third kappa shape index (κ3) is 2.71. The van der Waals surface area contributed by atoms with Gasteiger partial charge in [0.1, 0.15) is 5.69 Å². The van der Waals surface area contributed by atoms with Crippen LogP contribution in [-0.4, -0.2) is 44.9 Å². The topological polar surface area (TPSA) is 67.2 Å². The van der Waals surface area contributed by atoms with E-state index in [2.05, 4.69) is 10.3 Å². The molecule has 0 aromatic carbocycles. The zero-order valence-electron chi connectivity index (χ0n) is 14.3. The van der Waals surface area contributed by atoms with Gasteiger partial charge in [0.05, 0.1) is 5.54 Å². The Balaban J connectivity index is 1.52. The minimum absolute atomic E-state index is 0.0598. The van der Waals surface area contributed by atoms with Crippen LogP contribution in [0.15, 0.2) is 42.9 Å². The number of likely N-dealkylation sites (tertiary alicyclic amines) is 1. The van der Waals surface area contributed by atoms with E-state index in [1.165, 1.54) is 0 Å². The number of hydrogen-bond donors (Lipinski definition) is 1. The lowest BCUT2D eigenvalue weighted by Crippen LogP contribution is -2.54. The van der Waals surface area contributed by atoms with Crippen LogP contribution in [0.25, 0.3) is 0 Å². The first kappa shape index (κ1) is 15.9. The summed E-state index contributed by atoms with van der Waals surface area (Å²) in [6.07, 6.45) is 7.53. The summed E-state index contributed by atoms with van der Waals surface area (Å²) in [5, 5.41) is 3.21. The second kappa shape index (κ2) is 6.02. The van der Waals surface area contributed by atoms with Gasteiger partial charge in [-0.3, -0.25) is 14.6 Å². The van der Waals surface area contributed by atoms with Crippen molar-refractivity contribution < 1.29 is 9.59 Å². The maximum Gasteiger partial charge on any atom is 0.270 e. The molecule has 130 valence electrons. The molecule has 6 heteroatoms.